The summed E-state index contributed by atoms with van der Waals surface area (Å²) in [7, 11) is 0. The maximum absolute atomic E-state index is 11.8. The second-order valence-electron chi connectivity index (χ2n) is 4.04. The molecular weight excluding hydrogens is 301 g/mol. The van der Waals surface area contributed by atoms with Crippen molar-refractivity contribution in [3.63, 3.8) is 0 Å². The van der Waals surface area contributed by atoms with Crippen LogP contribution in [0.1, 0.15) is 30.6 Å². The molecule has 1 aromatic carbocycles. The van der Waals surface area contributed by atoms with Gasteiger partial charge in [0.1, 0.15) is 0 Å². The number of nitrogens with zero attached hydrogens (tertiary/aromatic N) is 1. The lowest BCUT2D eigenvalue weighted by Gasteiger charge is -2.05. The first-order chi connectivity index (χ1) is 9.43. The van der Waals surface area contributed by atoms with Crippen molar-refractivity contribution in [3.8, 4) is 0 Å². The molecule has 1 rings (SSSR count). The van der Waals surface area contributed by atoms with Crippen LogP contribution in [-0.2, 0) is 4.79 Å². The Hall–Kier alpha value is -1.59. The Morgan fingerprint density at radius 2 is 2.00 bits per heavy atom. The van der Waals surface area contributed by atoms with Gasteiger partial charge in [-0.15, -0.1) is 0 Å². The molecule has 108 valence electrons. The Morgan fingerprint density at radius 3 is 2.60 bits per heavy atom. The average molecular weight is 316 g/mol. The molecule has 0 aliphatic rings. The minimum absolute atomic E-state index is 0.127. The van der Waals surface area contributed by atoms with Gasteiger partial charge in [-0.2, -0.15) is 5.10 Å². The van der Waals surface area contributed by atoms with Gasteiger partial charge in [0.2, 0.25) is 5.91 Å². The van der Waals surface area contributed by atoms with Crippen molar-refractivity contribution in [1.29, 1.82) is 0 Å². The van der Waals surface area contributed by atoms with Gasteiger partial charge in [-0.1, -0.05) is 23.2 Å². The molecule has 5 nitrogen and oxygen atoms in total. The molecule has 0 unspecified atom stereocenters. The normalized spacial score (nSPS) is 11.1. The van der Waals surface area contributed by atoms with Gasteiger partial charge in [-0.3, -0.25) is 9.59 Å². The number of rotatable bonds is 5. The van der Waals surface area contributed by atoms with Crippen molar-refractivity contribution >= 4 is 40.7 Å². The molecule has 0 aromatic heterocycles. The summed E-state index contributed by atoms with van der Waals surface area (Å²) in [6.45, 7) is 4.03. The Bertz CT molecular complexity index is 544. The van der Waals surface area contributed by atoms with Gasteiger partial charge in [0.15, 0.2) is 0 Å². The predicted molar refractivity (Wildman–Crippen MR) is 80.3 cm³/mol. The van der Waals surface area contributed by atoms with Crippen LogP contribution in [0.25, 0.3) is 0 Å². The SMILES string of the molecule is CCNC(=O)CC(C)=NNC(=O)c1ccc(Cl)cc1Cl. The predicted octanol–water partition coefficient (Wildman–Crippen LogP) is 2.63. The van der Waals surface area contributed by atoms with Gasteiger partial charge in [0, 0.05) is 17.3 Å². The van der Waals surface area contributed by atoms with E-state index in [2.05, 4.69) is 15.8 Å². The number of hydrogen-bond donors (Lipinski definition) is 2. The first kappa shape index (κ1) is 16.5. The number of nitrogens with one attached hydrogen (secondary N) is 2. The maximum Gasteiger partial charge on any atom is 0.272 e. The van der Waals surface area contributed by atoms with Gasteiger partial charge in [-0.05, 0) is 32.0 Å². The number of benzene rings is 1. The summed E-state index contributed by atoms with van der Waals surface area (Å²) in [5.41, 5.74) is 3.11. The molecule has 1 aromatic rings. The highest BCUT2D eigenvalue weighted by Gasteiger charge is 2.10. The van der Waals surface area contributed by atoms with Gasteiger partial charge in [-0.25, -0.2) is 5.43 Å². The molecule has 0 saturated carbocycles. The minimum Gasteiger partial charge on any atom is -0.356 e. The Labute approximate surface area is 127 Å². The van der Waals surface area contributed by atoms with E-state index in [-0.39, 0.29) is 22.9 Å². The third-order valence-electron chi connectivity index (χ3n) is 2.31. The molecule has 0 radical (unpaired) electrons. The molecule has 2 amide bonds. The first-order valence-corrected chi connectivity index (χ1v) is 6.75. The fourth-order valence-electron chi connectivity index (χ4n) is 1.41. The highest BCUT2D eigenvalue weighted by Crippen LogP contribution is 2.20. The summed E-state index contributed by atoms with van der Waals surface area (Å²) in [5, 5.41) is 7.18. The first-order valence-electron chi connectivity index (χ1n) is 5.99. The van der Waals surface area contributed by atoms with Gasteiger partial charge in [0.25, 0.3) is 5.91 Å². The number of amides is 2. The maximum atomic E-state index is 11.8. The lowest BCUT2D eigenvalue weighted by molar-refractivity contribution is -0.119. The van der Waals surface area contributed by atoms with E-state index < -0.39 is 5.91 Å². The van der Waals surface area contributed by atoms with E-state index in [0.717, 1.165) is 0 Å². The molecular formula is C13H15Cl2N3O2. The average Bonchev–Trinajstić information content (AvgIpc) is 2.36. The van der Waals surface area contributed by atoms with E-state index in [0.29, 0.717) is 17.3 Å². The Balaban J connectivity index is 2.64. The highest BCUT2D eigenvalue weighted by molar-refractivity contribution is 6.36. The zero-order valence-corrected chi connectivity index (χ0v) is 12.7. The molecule has 0 aliphatic carbocycles. The summed E-state index contributed by atoms with van der Waals surface area (Å²) in [6.07, 6.45) is 0.127. The van der Waals surface area contributed by atoms with E-state index in [4.69, 9.17) is 23.2 Å². The molecule has 0 aliphatic heterocycles. The molecule has 0 bridgehead atoms. The molecule has 0 saturated heterocycles. The van der Waals surface area contributed by atoms with Crippen molar-refractivity contribution in [2.24, 2.45) is 5.10 Å². The summed E-state index contributed by atoms with van der Waals surface area (Å²) in [4.78, 5) is 23.2. The number of carbonyl (C=O) groups is 2. The van der Waals surface area contributed by atoms with Crippen LogP contribution in [0.2, 0.25) is 10.0 Å². The molecule has 7 heteroatoms. The lowest BCUT2D eigenvalue weighted by atomic mass is 10.2. The molecule has 0 fully saturated rings. The number of hydrogen-bond acceptors (Lipinski definition) is 3. The number of halogens is 2. The van der Waals surface area contributed by atoms with E-state index >= 15 is 0 Å². The fourth-order valence-corrected chi connectivity index (χ4v) is 1.91. The quantitative estimate of drug-likeness (QED) is 0.647. The number of carbonyl (C=O) groups excluding carboxylic acids is 2. The third-order valence-corrected chi connectivity index (χ3v) is 2.86. The van der Waals surface area contributed by atoms with Crippen molar-refractivity contribution in [3.05, 3.63) is 33.8 Å². The Morgan fingerprint density at radius 1 is 1.30 bits per heavy atom. The molecule has 0 heterocycles. The van der Waals surface area contributed by atoms with Gasteiger partial charge >= 0.3 is 0 Å². The Kier molecular flexibility index (Phi) is 6.48. The van der Waals surface area contributed by atoms with Crippen molar-refractivity contribution in [1.82, 2.24) is 10.7 Å². The van der Waals surface area contributed by atoms with E-state index in [1.165, 1.54) is 12.1 Å². The van der Waals surface area contributed by atoms with Crippen LogP contribution in [0.4, 0.5) is 0 Å². The standard InChI is InChI=1S/C13H15Cl2N3O2/c1-3-16-12(19)6-8(2)17-18-13(20)10-5-4-9(14)7-11(10)15/h4-5,7H,3,6H2,1-2H3,(H,16,19)(H,18,20). The molecule has 20 heavy (non-hydrogen) atoms. The van der Waals surface area contributed by atoms with Gasteiger partial charge < -0.3 is 5.32 Å². The van der Waals surface area contributed by atoms with E-state index in [1.54, 1.807) is 13.0 Å². The van der Waals surface area contributed by atoms with Crippen LogP contribution in [0.15, 0.2) is 23.3 Å². The van der Waals surface area contributed by atoms with Crippen LogP contribution < -0.4 is 10.7 Å². The number of hydrazone groups is 1. The van der Waals surface area contributed by atoms with Crippen LogP contribution in [0.3, 0.4) is 0 Å². The molecule has 2 N–H and O–H groups in total. The second kappa shape index (κ2) is 7.87. The molecule has 0 spiro atoms. The van der Waals surface area contributed by atoms with Crippen molar-refractivity contribution in [2.45, 2.75) is 20.3 Å². The van der Waals surface area contributed by atoms with Crippen LogP contribution in [0, 0.1) is 0 Å². The van der Waals surface area contributed by atoms with E-state index in [1.807, 2.05) is 6.92 Å². The summed E-state index contributed by atoms with van der Waals surface area (Å²) >= 11 is 11.7. The van der Waals surface area contributed by atoms with Crippen molar-refractivity contribution in [2.75, 3.05) is 6.54 Å². The summed E-state index contributed by atoms with van der Waals surface area (Å²) in [6, 6.07) is 4.55. The van der Waals surface area contributed by atoms with E-state index in [9.17, 15) is 9.59 Å². The van der Waals surface area contributed by atoms with Crippen LogP contribution in [0.5, 0.6) is 0 Å². The van der Waals surface area contributed by atoms with Crippen LogP contribution >= 0.6 is 23.2 Å². The second-order valence-corrected chi connectivity index (χ2v) is 4.89. The summed E-state index contributed by atoms with van der Waals surface area (Å²) in [5.74, 6) is -0.602. The van der Waals surface area contributed by atoms with Gasteiger partial charge in [0.05, 0.1) is 17.0 Å². The fraction of sp³-hybridized carbons (Fsp3) is 0.308. The smallest absolute Gasteiger partial charge is 0.272 e. The zero-order valence-electron chi connectivity index (χ0n) is 11.2. The third kappa shape index (κ3) is 5.19. The highest BCUT2D eigenvalue weighted by atomic mass is 35.5. The van der Waals surface area contributed by atoms with Crippen molar-refractivity contribution < 1.29 is 9.59 Å². The minimum atomic E-state index is -0.457. The summed E-state index contributed by atoms with van der Waals surface area (Å²) < 4.78 is 0. The zero-order chi connectivity index (χ0) is 15.1. The monoisotopic (exact) mass is 315 g/mol. The topological polar surface area (TPSA) is 70.6 Å². The molecule has 0 atom stereocenters. The lowest BCUT2D eigenvalue weighted by Crippen LogP contribution is -2.26. The van der Waals surface area contributed by atoms with Crippen LogP contribution in [-0.4, -0.2) is 24.1 Å². The largest absolute Gasteiger partial charge is 0.356 e.